The molecule has 0 saturated carbocycles. The summed E-state index contributed by atoms with van der Waals surface area (Å²) in [7, 11) is 0. The van der Waals surface area contributed by atoms with Crippen LogP contribution in [0.15, 0.2) is 170 Å². The molecule has 1 aliphatic carbocycles. The van der Waals surface area contributed by atoms with Crippen LogP contribution in [0.1, 0.15) is 30.5 Å². The Morgan fingerprint density at radius 2 is 1.06 bits per heavy atom. The molecule has 0 aliphatic heterocycles. The smallest absolute Gasteiger partial charge is 0.0496 e. The number of nitrogens with zero attached hydrogens (tertiary/aromatic N) is 2. The number of benzene rings is 7. The summed E-state index contributed by atoms with van der Waals surface area (Å²) in [6.45, 7) is 5.51. The first-order valence-corrected chi connectivity index (χ1v) is 16.8. The van der Waals surface area contributed by atoms with Crippen molar-refractivity contribution in [2.45, 2.75) is 25.8 Å². The van der Waals surface area contributed by atoms with Crippen LogP contribution in [-0.4, -0.2) is 4.57 Å². The van der Waals surface area contributed by atoms with Crippen LogP contribution in [0.4, 0.5) is 17.1 Å². The molecule has 1 aromatic heterocycles. The summed E-state index contributed by atoms with van der Waals surface area (Å²) in [4.78, 5) is 2.37. The SMILES string of the molecule is CC1(C)c2ccccc2-c2cc(-c3ccc(N(c4ccccc4)c4ccc5c(c4)c4ccccc4n5Cc4ccccc4)cc3)ccc21. The number of fused-ring (bicyclic) bond motifs is 6. The van der Waals surface area contributed by atoms with E-state index in [9.17, 15) is 0 Å². The number of para-hydroxylation sites is 2. The highest BCUT2D eigenvalue weighted by atomic mass is 15.1. The largest absolute Gasteiger partial charge is 0.336 e. The minimum absolute atomic E-state index is 0.0133. The van der Waals surface area contributed by atoms with E-state index in [1.54, 1.807) is 0 Å². The first-order valence-electron chi connectivity index (χ1n) is 16.8. The number of rotatable bonds is 6. The van der Waals surface area contributed by atoms with Gasteiger partial charge in [0.05, 0.1) is 0 Å². The lowest BCUT2D eigenvalue weighted by Gasteiger charge is -2.26. The second-order valence-corrected chi connectivity index (χ2v) is 13.4. The molecule has 0 N–H and O–H groups in total. The zero-order valence-electron chi connectivity index (χ0n) is 27.3. The molecule has 2 heteroatoms. The molecule has 1 aliphatic rings. The fourth-order valence-corrected chi connectivity index (χ4v) is 7.84. The molecule has 0 unspecified atom stereocenters. The van der Waals surface area contributed by atoms with Gasteiger partial charge < -0.3 is 9.47 Å². The van der Waals surface area contributed by atoms with E-state index in [0.29, 0.717) is 0 Å². The van der Waals surface area contributed by atoms with Gasteiger partial charge in [-0.05, 0) is 93.5 Å². The lowest BCUT2D eigenvalue weighted by Crippen LogP contribution is -2.14. The normalized spacial score (nSPS) is 13.0. The summed E-state index contributed by atoms with van der Waals surface area (Å²) >= 11 is 0. The summed E-state index contributed by atoms with van der Waals surface area (Å²) < 4.78 is 2.45. The number of hydrogen-bond donors (Lipinski definition) is 0. The van der Waals surface area contributed by atoms with E-state index in [4.69, 9.17) is 0 Å². The van der Waals surface area contributed by atoms with Crippen LogP contribution in [0.3, 0.4) is 0 Å². The lowest BCUT2D eigenvalue weighted by molar-refractivity contribution is 0.660. The molecule has 7 aromatic carbocycles. The van der Waals surface area contributed by atoms with Crippen LogP contribution in [0.25, 0.3) is 44.1 Å². The fraction of sp³-hybridized carbons (Fsp3) is 0.0870. The minimum Gasteiger partial charge on any atom is -0.336 e. The van der Waals surface area contributed by atoms with Crippen molar-refractivity contribution >= 4 is 38.9 Å². The van der Waals surface area contributed by atoms with Gasteiger partial charge >= 0.3 is 0 Å². The molecule has 0 radical (unpaired) electrons. The predicted molar refractivity (Wildman–Crippen MR) is 203 cm³/mol. The Bertz CT molecular complexity index is 2430. The Morgan fingerprint density at radius 1 is 0.458 bits per heavy atom. The predicted octanol–water partition coefficient (Wildman–Crippen LogP) is 12.3. The summed E-state index contributed by atoms with van der Waals surface area (Å²) in [6.07, 6.45) is 0. The molecule has 2 nitrogen and oxygen atoms in total. The van der Waals surface area contributed by atoms with E-state index in [0.717, 1.165) is 23.6 Å². The van der Waals surface area contributed by atoms with Gasteiger partial charge in [-0.25, -0.2) is 0 Å². The average molecular weight is 617 g/mol. The zero-order chi connectivity index (χ0) is 32.2. The third-order valence-electron chi connectivity index (χ3n) is 10.3. The van der Waals surface area contributed by atoms with E-state index in [-0.39, 0.29) is 5.41 Å². The van der Waals surface area contributed by atoms with Gasteiger partial charge in [-0.2, -0.15) is 0 Å². The van der Waals surface area contributed by atoms with Gasteiger partial charge in [0.1, 0.15) is 0 Å². The van der Waals surface area contributed by atoms with E-state index in [2.05, 4.69) is 193 Å². The molecule has 9 rings (SSSR count). The van der Waals surface area contributed by atoms with Crippen molar-refractivity contribution in [2.75, 3.05) is 4.90 Å². The van der Waals surface area contributed by atoms with Crippen molar-refractivity contribution in [3.8, 4) is 22.3 Å². The van der Waals surface area contributed by atoms with E-state index in [1.807, 2.05) is 0 Å². The third-order valence-corrected chi connectivity index (χ3v) is 10.3. The van der Waals surface area contributed by atoms with E-state index < -0.39 is 0 Å². The summed E-state index contributed by atoms with van der Waals surface area (Å²) in [6, 6.07) is 62.0. The topological polar surface area (TPSA) is 8.17 Å². The molecule has 1 heterocycles. The van der Waals surface area contributed by atoms with Crippen molar-refractivity contribution < 1.29 is 0 Å². The van der Waals surface area contributed by atoms with Crippen LogP contribution >= 0.6 is 0 Å². The van der Waals surface area contributed by atoms with Crippen molar-refractivity contribution in [2.24, 2.45) is 0 Å². The van der Waals surface area contributed by atoms with Crippen LogP contribution in [0, 0.1) is 0 Å². The van der Waals surface area contributed by atoms with Gasteiger partial charge in [0, 0.05) is 50.8 Å². The van der Waals surface area contributed by atoms with Crippen molar-refractivity contribution in [1.29, 1.82) is 0 Å². The van der Waals surface area contributed by atoms with Crippen molar-refractivity contribution in [3.63, 3.8) is 0 Å². The Labute approximate surface area is 282 Å². The molecule has 8 aromatic rings. The molecule has 0 amide bonds. The molecule has 0 atom stereocenters. The van der Waals surface area contributed by atoms with E-state index >= 15 is 0 Å². The average Bonchev–Trinajstić information content (AvgIpc) is 3.57. The lowest BCUT2D eigenvalue weighted by atomic mass is 9.82. The Kier molecular flexibility index (Phi) is 6.58. The van der Waals surface area contributed by atoms with Crippen molar-refractivity contribution in [1.82, 2.24) is 4.57 Å². The van der Waals surface area contributed by atoms with Gasteiger partial charge in [0.15, 0.2) is 0 Å². The van der Waals surface area contributed by atoms with Gasteiger partial charge in [-0.1, -0.05) is 129 Å². The highest BCUT2D eigenvalue weighted by Gasteiger charge is 2.35. The number of aromatic nitrogens is 1. The Hall–Kier alpha value is -5.86. The maximum atomic E-state index is 2.45. The van der Waals surface area contributed by atoms with Crippen LogP contribution < -0.4 is 4.90 Å². The van der Waals surface area contributed by atoms with Crippen LogP contribution in [0.5, 0.6) is 0 Å². The van der Waals surface area contributed by atoms with E-state index in [1.165, 1.54) is 60.8 Å². The molecule has 0 bridgehead atoms. The maximum Gasteiger partial charge on any atom is 0.0496 e. The van der Waals surface area contributed by atoms with Crippen molar-refractivity contribution in [3.05, 3.63) is 187 Å². The minimum atomic E-state index is 0.0133. The first kappa shape index (κ1) is 28.4. The molecule has 0 fully saturated rings. The maximum absolute atomic E-state index is 2.45. The second kappa shape index (κ2) is 11.1. The quantitative estimate of drug-likeness (QED) is 0.180. The van der Waals surface area contributed by atoms with Gasteiger partial charge in [-0.3, -0.25) is 0 Å². The zero-order valence-corrected chi connectivity index (χ0v) is 27.3. The molecule has 48 heavy (non-hydrogen) atoms. The summed E-state index contributed by atoms with van der Waals surface area (Å²) in [5.74, 6) is 0. The first-order chi connectivity index (χ1) is 23.6. The fourth-order valence-electron chi connectivity index (χ4n) is 7.84. The van der Waals surface area contributed by atoms with Crippen LogP contribution in [-0.2, 0) is 12.0 Å². The second-order valence-electron chi connectivity index (χ2n) is 13.4. The Morgan fingerprint density at radius 3 is 1.88 bits per heavy atom. The molecule has 0 spiro atoms. The number of hydrogen-bond acceptors (Lipinski definition) is 1. The highest BCUT2D eigenvalue weighted by molar-refractivity contribution is 6.09. The Balaban J connectivity index is 1.13. The number of anilines is 3. The van der Waals surface area contributed by atoms with Gasteiger partial charge in [0.2, 0.25) is 0 Å². The molecular weight excluding hydrogens is 581 g/mol. The molecule has 230 valence electrons. The third kappa shape index (κ3) is 4.56. The van der Waals surface area contributed by atoms with Gasteiger partial charge in [0.25, 0.3) is 0 Å². The van der Waals surface area contributed by atoms with Gasteiger partial charge in [-0.15, -0.1) is 0 Å². The van der Waals surface area contributed by atoms with Crippen LogP contribution in [0.2, 0.25) is 0 Å². The molecular formula is C46H36N2. The summed E-state index contributed by atoms with van der Waals surface area (Å²) in [5, 5.41) is 2.54. The summed E-state index contributed by atoms with van der Waals surface area (Å²) in [5.41, 5.74) is 15.2. The standard InChI is InChI=1S/C46H36N2/c1-46(2)42-19-11-9-17-38(42)40-29-34(23-27-43(40)46)33-21-24-36(25-22-33)48(35-15-7-4-8-16-35)37-26-28-45-41(30-37)39-18-10-12-20-44(39)47(45)31-32-13-5-3-6-14-32/h3-30H,31H2,1-2H3. The monoisotopic (exact) mass is 616 g/mol. The highest BCUT2D eigenvalue weighted by Crippen LogP contribution is 2.49. The molecule has 0 saturated heterocycles.